The van der Waals surface area contributed by atoms with Gasteiger partial charge in [-0.1, -0.05) is 81.3 Å². The summed E-state index contributed by atoms with van der Waals surface area (Å²) in [4.78, 5) is 36.5. The number of nitrogens with zero attached hydrogens (tertiary/aromatic N) is 4. The molecule has 4 fully saturated rings. The Balaban J connectivity index is 1.08. The highest BCUT2D eigenvalue weighted by molar-refractivity contribution is 7.45. The molecule has 2 amide bonds. The van der Waals surface area contributed by atoms with E-state index >= 15 is 4.39 Å². The molecule has 5 aliphatic heterocycles. The Hall–Kier alpha value is -4.50. The van der Waals surface area contributed by atoms with Gasteiger partial charge in [-0.15, -0.1) is 0 Å². The summed E-state index contributed by atoms with van der Waals surface area (Å²) in [5.74, 6) is 0.197. The number of alkyl halides is 1. The molecular weight excluding hydrogens is 790 g/mol. The molecule has 0 radical (unpaired) electrons. The first kappa shape index (κ1) is 40.9. The van der Waals surface area contributed by atoms with E-state index in [1.807, 2.05) is 78.9 Å². The highest BCUT2D eigenvalue weighted by Crippen LogP contribution is 2.65. The molecular formula is C44H52FN6O8P. The standard InChI is InChI=1S/C44H52FN6O8P/c1-27(2)39(52)48-42-47-38-36(40(53)49-42)46-26-50(38)41-35(45)37(58-60-51-24-10-13-34(51)43(59-60)22-8-9-23-43)33(57-41)25-56-44(28-11-6-5-7-12-28,29-14-18-31(54-3)19-15-29)30-16-20-32(55-4)21-17-30/h5-7,11-12,14-21,26-27,33-38,41H,8-10,13,22-25H2,1-4H3,(H2,47,48,49,52,53)/t33-,34+,35-,36?,37-,38?,41-,60-/m1/s1. The predicted octanol–water partition coefficient (Wildman–Crippen LogP) is 5.79. The third-order valence-electron chi connectivity index (χ3n) is 12.6. The van der Waals surface area contributed by atoms with Crippen LogP contribution in [-0.2, 0) is 33.7 Å². The SMILES string of the molecule is COc1ccc(C(OC[C@H]2O[C@@H](N3C=NC4C(=O)NC(NC(=O)C(C)C)=NC43)[C@H](F)[C@@H]2O[P@]2OC3(CCCC3)[C@@H]3CCCN32)(c2ccccc2)c2ccc(OC)cc2)cc1. The molecule has 0 bridgehead atoms. The molecule has 9 rings (SSSR count). The van der Waals surface area contributed by atoms with Crippen LogP contribution >= 0.6 is 8.53 Å². The van der Waals surface area contributed by atoms with Gasteiger partial charge in [-0.2, -0.15) is 0 Å². The Morgan fingerprint density at radius 3 is 2.27 bits per heavy atom. The highest BCUT2D eigenvalue weighted by atomic mass is 31.2. The number of ether oxygens (including phenoxy) is 4. The number of aliphatic imine (C=N–C) groups is 2. The average molecular weight is 843 g/mol. The predicted molar refractivity (Wildman–Crippen MR) is 222 cm³/mol. The Morgan fingerprint density at radius 2 is 1.63 bits per heavy atom. The molecule has 0 aromatic heterocycles. The molecule has 60 heavy (non-hydrogen) atoms. The number of hydrogen-bond donors (Lipinski definition) is 2. The lowest BCUT2D eigenvalue weighted by Crippen LogP contribution is -2.58. The van der Waals surface area contributed by atoms with Crippen LogP contribution in [0, 0.1) is 5.92 Å². The maximum atomic E-state index is 17.6. The number of hydrogen-bond acceptors (Lipinski definition) is 12. The number of halogens is 1. The lowest BCUT2D eigenvalue weighted by Gasteiger charge is -2.37. The normalized spacial score (nSPS) is 29.5. The van der Waals surface area contributed by atoms with Crippen LogP contribution in [0.2, 0.25) is 0 Å². The second-order valence-corrected chi connectivity index (χ2v) is 17.9. The quantitative estimate of drug-likeness (QED) is 0.170. The van der Waals surface area contributed by atoms with E-state index in [0.29, 0.717) is 11.5 Å². The van der Waals surface area contributed by atoms with Crippen molar-refractivity contribution in [1.82, 2.24) is 20.2 Å². The van der Waals surface area contributed by atoms with Crippen LogP contribution < -0.4 is 20.1 Å². The number of methoxy groups -OCH3 is 2. The molecule has 1 saturated carbocycles. The number of rotatable bonds is 12. The van der Waals surface area contributed by atoms with Gasteiger partial charge in [0.15, 0.2) is 24.6 Å². The number of benzene rings is 3. The molecule has 6 aliphatic rings. The number of carbonyl (C=O) groups excluding carboxylic acids is 2. The molecule has 14 nitrogen and oxygen atoms in total. The number of carbonyl (C=O) groups is 2. The van der Waals surface area contributed by atoms with E-state index in [0.717, 1.165) is 61.8 Å². The fourth-order valence-electron chi connectivity index (χ4n) is 9.50. The van der Waals surface area contributed by atoms with Gasteiger partial charge in [0.05, 0.1) is 32.8 Å². The van der Waals surface area contributed by atoms with Crippen molar-refractivity contribution < 1.29 is 42.0 Å². The maximum absolute atomic E-state index is 17.6. The molecule has 16 heteroatoms. The van der Waals surface area contributed by atoms with Crippen LogP contribution in [0.1, 0.15) is 69.1 Å². The van der Waals surface area contributed by atoms with E-state index in [4.69, 9.17) is 28.0 Å². The van der Waals surface area contributed by atoms with Gasteiger partial charge in [0.1, 0.15) is 29.3 Å². The van der Waals surface area contributed by atoms with Crippen LogP contribution in [-0.4, -0.2) is 110 Å². The lowest BCUT2D eigenvalue weighted by atomic mass is 9.80. The smallest absolute Gasteiger partial charge is 0.260 e. The second kappa shape index (κ2) is 16.8. The third kappa shape index (κ3) is 7.26. The van der Waals surface area contributed by atoms with Gasteiger partial charge in [-0.25, -0.2) is 14.1 Å². The third-order valence-corrected chi connectivity index (χ3v) is 14.5. The van der Waals surface area contributed by atoms with Crippen molar-refractivity contribution in [2.24, 2.45) is 15.9 Å². The van der Waals surface area contributed by atoms with Crippen LogP contribution in [0.3, 0.4) is 0 Å². The van der Waals surface area contributed by atoms with E-state index < -0.39 is 56.8 Å². The summed E-state index contributed by atoms with van der Waals surface area (Å²) in [6, 6.07) is 24.5. The van der Waals surface area contributed by atoms with E-state index in [1.165, 1.54) is 11.2 Å². The van der Waals surface area contributed by atoms with Crippen LogP contribution in [0.15, 0.2) is 88.8 Å². The molecule has 3 saturated heterocycles. The van der Waals surface area contributed by atoms with Crippen molar-refractivity contribution in [1.29, 1.82) is 0 Å². The summed E-state index contributed by atoms with van der Waals surface area (Å²) in [5, 5.41) is 5.30. The second-order valence-electron chi connectivity index (χ2n) is 16.5. The van der Waals surface area contributed by atoms with Crippen LogP contribution in [0.25, 0.3) is 0 Å². The van der Waals surface area contributed by atoms with Crippen molar-refractivity contribution in [2.45, 2.75) is 106 Å². The van der Waals surface area contributed by atoms with Crippen molar-refractivity contribution >= 4 is 32.6 Å². The first-order valence-corrected chi connectivity index (χ1v) is 22.0. The van der Waals surface area contributed by atoms with Crippen molar-refractivity contribution in [3.63, 3.8) is 0 Å². The Labute approximate surface area is 350 Å². The van der Waals surface area contributed by atoms with E-state index in [2.05, 4.69) is 25.3 Å². The van der Waals surface area contributed by atoms with Crippen LogP contribution in [0.4, 0.5) is 4.39 Å². The molecule has 1 aliphatic carbocycles. The number of nitrogens with one attached hydrogen (secondary N) is 2. The number of amides is 2. The summed E-state index contributed by atoms with van der Waals surface area (Å²) in [6.45, 7) is 4.18. The van der Waals surface area contributed by atoms with Crippen molar-refractivity contribution in [3.05, 3.63) is 95.6 Å². The van der Waals surface area contributed by atoms with E-state index in [1.54, 1.807) is 28.1 Å². The molecule has 3 aromatic rings. The minimum Gasteiger partial charge on any atom is -0.497 e. The zero-order valence-electron chi connectivity index (χ0n) is 34.2. The lowest BCUT2D eigenvalue weighted by molar-refractivity contribution is -0.125. The molecule has 1 spiro atoms. The minimum absolute atomic E-state index is 0.0204. The topological polar surface area (TPSA) is 145 Å². The molecule has 8 atom stereocenters. The van der Waals surface area contributed by atoms with Gasteiger partial charge in [0.2, 0.25) is 11.9 Å². The summed E-state index contributed by atoms with van der Waals surface area (Å²) in [6.07, 6.45) is 1.50. The van der Waals surface area contributed by atoms with Gasteiger partial charge >= 0.3 is 0 Å². The Morgan fingerprint density at radius 1 is 0.983 bits per heavy atom. The Bertz CT molecular complexity index is 2040. The highest BCUT2D eigenvalue weighted by Gasteiger charge is 2.61. The first-order valence-electron chi connectivity index (χ1n) is 20.8. The van der Waals surface area contributed by atoms with E-state index in [9.17, 15) is 9.59 Å². The summed E-state index contributed by atoms with van der Waals surface area (Å²) >= 11 is 0. The van der Waals surface area contributed by atoms with Gasteiger partial charge < -0.3 is 32.9 Å². The summed E-state index contributed by atoms with van der Waals surface area (Å²) in [5.41, 5.74) is 0.950. The van der Waals surface area contributed by atoms with Crippen molar-refractivity contribution in [3.8, 4) is 11.5 Å². The fourth-order valence-corrected chi connectivity index (χ4v) is 11.7. The molecule has 2 N–H and O–H groups in total. The van der Waals surface area contributed by atoms with E-state index in [-0.39, 0.29) is 36.0 Å². The maximum Gasteiger partial charge on any atom is 0.260 e. The molecule has 5 heterocycles. The summed E-state index contributed by atoms with van der Waals surface area (Å²) in [7, 11) is 1.61. The number of guanidine groups is 1. The first-order chi connectivity index (χ1) is 29.1. The van der Waals surface area contributed by atoms with Crippen molar-refractivity contribution in [2.75, 3.05) is 27.4 Å². The summed E-state index contributed by atoms with van der Waals surface area (Å²) < 4.78 is 58.8. The van der Waals surface area contributed by atoms with Gasteiger partial charge in [-0.05, 0) is 66.6 Å². The Kier molecular flexibility index (Phi) is 11.4. The van der Waals surface area contributed by atoms with Gasteiger partial charge in [0.25, 0.3) is 14.4 Å². The van der Waals surface area contributed by atoms with Crippen LogP contribution in [0.5, 0.6) is 11.5 Å². The largest absolute Gasteiger partial charge is 0.497 e. The monoisotopic (exact) mass is 842 g/mol. The number of fused-ring (bicyclic) bond motifs is 3. The molecule has 318 valence electrons. The zero-order valence-corrected chi connectivity index (χ0v) is 35.1. The van der Waals surface area contributed by atoms with Gasteiger partial charge in [-0.3, -0.25) is 25.2 Å². The fraction of sp³-hybridized carbons (Fsp3) is 0.500. The minimum atomic E-state index is -1.74. The molecule has 2 unspecified atom stereocenters. The average Bonchev–Trinajstić information content (AvgIpc) is 4.12. The molecule has 3 aromatic carbocycles. The zero-order chi connectivity index (χ0) is 41.6. The van der Waals surface area contributed by atoms with Gasteiger partial charge in [0, 0.05) is 18.5 Å².